The summed E-state index contributed by atoms with van der Waals surface area (Å²) in [6.45, 7) is 4.22. The third kappa shape index (κ3) is 2.91. The molecule has 20 heavy (non-hydrogen) atoms. The second kappa shape index (κ2) is 5.65. The Morgan fingerprint density at radius 1 is 1.15 bits per heavy atom. The van der Waals surface area contributed by atoms with Crippen molar-refractivity contribution in [2.75, 3.05) is 5.73 Å². The first-order valence-corrected chi connectivity index (χ1v) is 6.45. The summed E-state index contributed by atoms with van der Waals surface area (Å²) in [6.07, 6.45) is 0. The first-order valence-electron chi connectivity index (χ1n) is 6.45. The monoisotopic (exact) mass is 270 g/mol. The van der Waals surface area contributed by atoms with Crippen LogP contribution < -0.4 is 16.2 Å². The van der Waals surface area contributed by atoms with Crippen molar-refractivity contribution in [3.8, 4) is 11.5 Å². The number of benzene rings is 2. The largest absolute Gasteiger partial charge is 0.455 e. The topological polar surface area (TPSA) is 78.3 Å². The molecule has 0 fully saturated rings. The lowest BCUT2D eigenvalue weighted by atomic mass is 10.0. The molecule has 2 rings (SSSR count). The Bertz CT molecular complexity index is 636. The second-order valence-corrected chi connectivity index (χ2v) is 4.91. The predicted octanol–water partition coefficient (Wildman–Crippen LogP) is 3.28. The molecule has 0 unspecified atom stereocenters. The van der Waals surface area contributed by atoms with Crippen LogP contribution in [0.4, 0.5) is 5.69 Å². The average Bonchev–Trinajstić information content (AvgIpc) is 2.41. The quantitative estimate of drug-likeness (QED) is 0.837. The van der Waals surface area contributed by atoms with Crippen LogP contribution in [0.1, 0.15) is 35.7 Å². The van der Waals surface area contributed by atoms with Crippen molar-refractivity contribution in [2.45, 2.75) is 19.8 Å². The molecule has 0 aliphatic rings. The van der Waals surface area contributed by atoms with Gasteiger partial charge in [0.05, 0.1) is 11.3 Å². The van der Waals surface area contributed by atoms with Crippen molar-refractivity contribution in [2.24, 2.45) is 5.73 Å². The van der Waals surface area contributed by atoms with E-state index in [0.29, 0.717) is 17.4 Å². The van der Waals surface area contributed by atoms with Crippen molar-refractivity contribution in [1.29, 1.82) is 0 Å². The molecular weight excluding hydrogens is 252 g/mol. The van der Waals surface area contributed by atoms with Crippen molar-refractivity contribution in [1.82, 2.24) is 0 Å². The Balaban J connectivity index is 2.33. The summed E-state index contributed by atoms with van der Waals surface area (Å²) < 4.78 is 5.76. The van der Waals surface area contributed by atoms with Gasteiger partial charge in [-0.15, -0.1) is 0 Å². The number of nitrogen functional groups attached to an aromatic ring is 1. The van der Waals surface area contributed by atoms with Gasteiger partial charge in [0, 0.05) is 0 Å². The molecule has 0 radical (unpaired) electrons. The van der Waals surface area contributed by atoms with Crippen LogP contribution in [-0.2, 0) is 0 Å². The first-order chi connectivity index (χ1) is 9.49. The van der Waals surface area contributed by atoms with Crippen LogP contribution >= 0.6 is 0 Å². The zero-order chi connectivity index (χ0) is 14.7. The van der Waals surface area contributed by atoms with Gasteiger partial charge in [-0.3, -0.25) is 4.79 Å². The first kappa shape index (κ1) is 13.9. The molecule has 2 aromatic carbocycles. The number of anilines is 1. The van der Waals surface area contributed by atoms with Gasteiger partial charge in [0.25, 0.3) is 5.91 Å². The molecule has 1 amide bonds. The highest BCUT2D eigenvalue weighted by Gasteiger charge is 2.11. The van der Waals surface area contributed by atoms with Gasteiger partial charge in [-0.05, 0) is 35.7 Å². The van der Waals surface area contributed by atoms with Crippen LogP contribution in [0.3, 0.4) is 0 Å². The molecular formula is C16H18N2O2. The minimum Gasteiger partial charge on any atom is -0.455 e. The molecule has 0 saturated heterocycles. The molecule has 0 heterocycles. The van der Waals surface area contributed by atoms with E-state index in [1.165, 1.54) is 5.56 Å². The number of primary amides is 1. The standard InChI is InChI=1S/C16H18N2O2/c1-10(2)11-5-3-6-12(9-11)20-14-8-4-7-13(15(14)17)16(18)19/h3-10H,17H2,1-2H3,(H2,18,19). The van der Waals surface area contributed by atoms with Crippen LogP contribution in [-0.4, -0.2) is 5.91 Å². The molecule has 0 spiro atoms. The number of rotatable bonds is 4. The van der Waals surface area contributed by atoms with Gasteiger partial charge in [0.2, 0.25) is 0 Å². The molecule has 0 atom stereocenters. The number of hydrogen-bond acceptors (Lipinski definition) is 3. The fourth-order valence-corrected chi connectivity index (χ4v) is 1.91. The van der Waals surface area contributed by atoms with E-state index < -0.39 is 5.91 Å². The van der Waals surface area contributed by atoms with Crippen LogP contribution in [0.5, 0.6) is 11.5 Å². The molecule has 4 N–H and O–H groups in total. The predicted molar refractivity (Wildman–Crippen MR) is 80.0 cm³/mol. The van der Waals surface area contributed by atoms with Crippen LogP contribution in [0.25, 0.3) is 0 Å². The molecule has 2 aromatic rings. The normalized spacial score (nSPS) is 10.6. The van der Waals surface area contributed by atoms with Crippen molar-refractivity contribution in [3.63, 3.8) is 0 Å². The minimum absolute atomic E-state index is 0.259. The Hall–Kier alpha value is -2.49. The van der Waals surface area contributed by atoms with Gasteiger partial charge >= 0.3 is 0 Å². The van der Waals surface area contributed by atoms with Gasteiger partial charge in [0.15, 0.2) is 5.75 Å². The molecule has 4 heteroatoms. The number of hydrogen-bond donors (Lipinski definition) is 2. The Kier molecular flexibility index (Phi) is 3.94. The molecule has 0 aromatic heterocycles. The van der Waals surface area contributed by atoms with Gasteiger partial charge in [0.1, 0.15) is 5.75 Å². The summed E-state index contributed by atoms with van der Waals surface area (Å²) in [5.41, 5.74) is 12.9. The number of ether oxygens (including phenoxy) is 1. The highest BCUT2D eigenvalue weighted by Crippen LogP contribution is 2.31. The zero-order valence-corrected chi connectivity index (χ0v) is 11.6. The maximum atomic E-state index is 11.3. The Morgan fingerprint density at radius 2 is 1.85 bits per heavy atom. The molecule has 4 nitrogen and oxygen atoms in total. The lowest BCUT2D eigenvalue weighted by Gasteiger charge is -2.12. The van der Waals surface area contributed by atoms with Crippen molar-refractivity contribution < 1.29 is 9.53 Å². The van der Waals surface area contributed by atoms with Gasteiger partial charge in [-0.1, -0.05) is 32.0 Å². The van der Waals surface area contributed by atoms with Gasteiger partial charge in [-0.2, -0.15) is 0 Å². The van der Waals surface area contributed by atoms with Gasteiger partial charge < -0.3 is 16.2 Å². The average molecular weight is 270 g/mol. The number of para-hydroxylation sites is 1. The van der Waals surface area contributed by atoms with Crippen molar-refractivity contribution in [3.05, 3.63) is 53.6 Å². The third-order valence-electron chi connectivity index (χ3n) is 3.08. The molecule has 0 aliphatic heterocycles. The summed E-state index contributed by atoms with van der Waals surface area (Å²) in [5.74, 6) is 0.962. The molecule has 0 aliphatic carbocycles. The zero-order valence-electron chi connectivity index (χ0n) is 11.6. The number of carbonyl (C=O) groups excluding carboxylic acids is 1. The van der Waals surface area contributed by atoms with Gasteiger partial charge in [-0.25, -0.2) is 0 Å². The van der Waals surface area contributed by atoms with E-state index in [0.717, 1.165) is 0 Å². The van der Waals surface area contributed by atoms with E-state index >= 15 is 0 Å². The maximum absolute atomic E-state index is 11.3. The van der Waals surface area contributed by atoms with E-state index in [1.54, 1.807) is 18.2 Å². The maximum Gasteiger partial charge on any atom is 0.250 e. The van der Waals surface area contributed by atoms with E-state index in [4.69, 9.17) is 16.2 Å². The highest BCUT2D eigenvalue weighted by atomic mass is 16.5. The SMILES string of the molecule is CC(C)c1cccc(Oc2cccc(C(N)=O)c2N)c1. The smallest absolute Gasteiger partial charge is 0.250 e. The summed E-state index contributed by atoms with van der Waals surface area (Å²) in [5, 5.41) is 0. The number of nitrogens with two attached hydrogens (primary N) is 2. The summed E-state index contributed by atoms with van der Waals surface area (Å²) >= 11 is 0. The minimum atomic E-state index is -0.566. The number of carbonyl (C=O) groups is 1. The fraction of sp³-hybridized carbons (Fsp3) is 0.188. The van der Waals surface area contributed by atoms with E-state index in [9.17, 15) is 4.79 Å². The fourth-order valence-electron chi connectivity index (χ4n) is 1.91. The summed E-state index contributed by atoms with van der Waals surface area (Å²) in [4.78, 5) is 11.3. The molecule has 0 bridgehead atoms. The van der Waals surface area contributed by atoms with Crippen molar-refractivity contribution >= 4 is 11.6 Å². The third-order valence-corrected chi connectivity index (χ3v) is 3.08. The van der Waals surface area contributed by atoms with E-state index in [1.807, 2.05) is 24.3 Å². The second-order valence-electron chi connectivity index (χ2n) is 4.91. The number of amides is 1. The lowest BCUT2D eigenvalue weighted by Crippen LogP contribution is -2.13. The van der Waals surface area contributed by atoms with E-state index in [2.05, 4.69) is 13.8 Å². The Morgan fingerprint density at radius 3 is 2.50 bits per heavy atom. The van der Waals surface area contributed by atoms with E-state index in [-0.39, 0.29) is 11.3 Å². The molecule has 0 saturated carbocycles. The summed E-state index contributed by atoms with van der Waals surface area (Å²) in [7, 11) is 0. The lowest BCUT2D eigenvalue weighted by molar-refractivity contribution is 0.100. The van der Waals surface area contributed by atoms with Crippen LogP contribution in [0, 0.1) is 0 Å². The molecule has 104 valence electrons. The van der Waals surface area contributed by atoms with Crippen LogP contribution in [0.2, 0.25) is 0 Å². The Labute approximate surface area is 118 Å². The highest BCUT2D eigenvalue weighted by molar-refractivity contribution is 5.99. The van der Waals surface area contributed by atoms with Crippen LogP contribution in [0.15, 0.2) is 42.5 Å². The summed E-state index contributed by atoms with van der Waals surface area (Å²) in [6, 6.07) is 12.8.